The predicted molar refractivity (Wildman–Crippen MR) is 110 cm³/mol. The van der Waals surface area contributed by atoms with Crippen molar-refractivity contribution in [1.29, 1.82) is 0 Å². The molecule has 0 aliphatic carbocycles. The number of hydrogen-bond acceptors (Lipinski definition) is 6. The van der Waals surface area contributed by atoms with Crippen molar-refractivity contribution >= 4 is 23.5 Å². The van der Waals surface area contributed by atoms with Crippen molar-refractivity contribution in [2.24, 2.45) is 0 Å². The zero-order chi connectivity index (χ0) is 20.5. The van der Waals surface area contributed by atoms with Crippen molar-refractivity contribution < 1.29 is 14.3 Å². The molecule has 8 nitrogen and oxygen atoms in total. The third-order valence-electron chi connectivity index (χ3n) is 4.18. The van der Waals surface area contributed by atoms with Gasteiger partial charge in [0.2, 0.25) is 5.95 Å². The van der Waals surface area contributed by atoms with Crippen LogP contribution in [-0.2, 0) is 4.74 Å². The Morgan fingerprint density at radius 2 is 1.86 bits per heavy atom. The van der Waals surface area contributed by atoms with Crippen molar-refractivity contribution in [2.45, 2.75) is 39.3 Å². The van der Waals surface area contributed by atoms with Crippen LogP contribution in [0.25, 0.3) is 0 Å². The fourth-order valence-electron chi connectivity index (χ4n) is 2.52. The van der Waals surface area contributed by atoms with Crippen LogP contribution in [0, 0.1) is 0 Å². The van der Waals surface area contributed by atoms with Crippen LogP contribution >= 0.6 is 0 Å². The van der Waals surface area contributed by atoms with Gasteiger partial charge in [-0.3, -0.25) is 0 Å². The van der Waals surface area contributed by atoms with Crippen LogP contribution in [0.1, 0.15) is 27.2 Å². The van der Waals surface area contributed by atoms with E-state index in [1.54, 1.807) is 38.6 Å². The normalized spacial score (nSPS) is 12.8. The summed E-state index contributed by atoms with van der Waals surface area (Å²) in [6, 6.07) is 8.76. The molecule has 0 spiro atoms. The lowest BCUT2D eigenvalue weighted by molar-refractivity contribution is 0.190. The van der Waals surface area contributed by atoms with Crippen LogP contribution in [0.3, 0.4) is 0 Å². The van der Waals surface area contributed by atoms with Crippen molar-refractivity contribution in [1.82, 2.24) is 15.3 Å². The molecule has 0 saturated heterocycles. The maximum atomic E-state index is 13.0. The maximum absolute atomic E-state index is 13.0. The number of hydrogen-bond donors (Lipinski definition) is 2. The minimum Gasteiger partial charge on any atom is -0.497 e. The lowest BCUT2D eigenvalue weighted by Crippen LogP contribution is -2.41. The van der Waals surface area contributed by atoms with Gasteiger partial charge in [-0.15, -0.1) is 0 Å². The van der Waals surface area contributed by atoms with Gasteiger partial charge in [0.1, 0.15) is 11.6 Å². The van der Waals surface area contributed by atoms with E-state index < -0.39 is 0 Å². The average Bonchev–Trinajstić information content (AvgIpc) is 2.69. The smallest absolute Gasteiger partial charge is 0.327 e. The topological polar surface area (TPSA) is 88.6 Å². The van der Waals surface area contributed by atoms with E-state index in [1.807, 2.05) is 32.9 Å². The quantitative estimate of drug-likeness (QED) is 0.684. The lowest BCUT2D eigenvalue weighted by atomic mass is 10.2. The molecule has 0 fully saturated rings. The van der Waals surface area contributed by atoms with Gasteiger partial charge in [0.25, 0.3) is 0 Å². The third-order valence-corrected chi connectivity index (χ3v) is 4.18. The first-order valence-corrected chi connectivity index (χ1v) is 9.31. The standard InChI is InChI=1S/C20H29N5O3/c1-6-14(2)23-20(26)25(16-7-9-17(28-5)10-8-16)18-11-12-21-19(24-18)22-15(3)13-27-4/h7-12,14-15H,6,13H2,1-5H3,(H,23,26)(H,21,22,24). The first-order valence-electron chi connectivity index (χ1n) is 9.31. The van der Waals surface area contributed by atoms with Crippen LogP contribution in [0.5, 0.6) is 5.75 Å². The molecule has 0 aliphatic heterocycles. The maximum Gasteiger partial charge on any atom is 0.327 e. The number of rotatable bonds is 9. The lowest BCUT2D eigenvalue weighted by Gasteiger charge is -2.25. The molecule has 1 heterocycles. The molecule has 2 aromatic rings. The summed E-state index contributed by atoms with van der Waals surface area (Å²) in [5.74, 6) is 1.61. The molecule has 2 N–H and O–H groups in total. The van der Waals surface area contributed by atoms with E-state index >= 15 is 0 Å². The molecular weight excluding hydrogens is 358 g/mol. The van der Waals surface area contributed by atoms with Crippen molar-refractivity contribution in [3.05, 3.63) is 36.5 Å². The number of amides is 2. The molecule has 2 unspecified atom stereocenters. The molecule has 0 saturated carbocycles. The molecule has 2 amide bonds. The van der Waals surface area contributed by atoms with Gasteiger partial charge in [-0.1, -0.05) is 6.92 Å². The Kier molecular flexibility index (Phi) is 8.01. The largest absolute Gasteiger partial charge is 0.497 e. The van der Waals surface area contributed by atoms with E-state index in [4.69, 9.17) is 9.47 Å². The zero-order valence-corrected chi connectivity index (χ0v) is 17.1. The van der Waals surface area contributed by atoms with E-state index in [2.05, 4.69) is 20.6 Å². The number of nitrogens with zero attached hydrogens (tertiary/aromatic N) is 3. The Morgan fingerprint density at radius 1 is 1.14 bits per heavy atom. The number of benzene rings is 1. The minimum absolute atomic E-state index is 0.0311. The molecule has 8 heteroatoms. The van der Waals surface area contributed by atoms with Gasteiger partial charge in [-0.2, -0.15) is 4.98 Å². The summed E-state index contributed by atoms with van der Waals surface area (Å²) in [7, 11) is 3.24. The van der Waals surface area contributed by atoms with Crippen LogP contribution in [-0.4, -0.2) is 48.9 Å². The Bertz CT molecular complexity index is 754. The van der Waals surface area contributed by atoms with Crippen LogP contribution in [0.2, 0.25) is 0 Å². The Labute approximate surface area is 166 Å². The van der Waals surface area contributed by atoms with Gasteiger partial charge in [0.15, 0.2) is 0 Å². The highest BCUT2D eigenvalue weighted by Gasteiger charge is 2.21. The number of methoxy groups -OCH3 is 2. The molecule has 2 rings (SSSR count). The van der Waals surface area contributed by atoms with Crippen molar-refractivity contribution in [3.8, 4) is 5.75 Å². The second-order valence-electron chi connectivity index (χ2n) is 6.53. The molecule has 1 aromatic heterocycles. The van der Waals surface area contributed by atoms with E-state index in [-0.39, 0.29) is 18.1 Å². The van der Waals surface area contributed by atoms with Gasteiger partial charge in [-0.25, -0.2) is 14.7 Å². The fourth-order valence-corrected chi connectivity index (χ4v) is 2.52. The van der Waals surface area contributed by atoms with Crippen molar-refractivity contribution in [2.75, 3.05) is 31.0 Å². The van der Waals surface area contributed by atoms with E-state index in [0.717, 1.165) is 6.42 Å². The number of carbonyl (C=O) groups excluding carboxylic acids is 1. The Morgan fingerprint density at radius 3 is 2.46 bits per heavy atom. The highest BCUT2D eigenvalue weighted by molar-refractivity contribution is 5.98. The summed E-state index contributed by atoms with van der Waals surface area (Å²) in [5.41, 5.74) is 0.677. The molecule has 1 aromatic carbocycles. The first-order chi connectivity index (χ1) is 13.5. The first kappa shape index (κ1) is 21.4. The highest BCUT2D eigenvalue weighted by atomic mass is 16.5. The Hall–Kier alpha value is -2.87. The van der Waals surface area contributed by atoms with Crippen molar-refractivity contribution in [3.63, 3.8) is 0 Å². The minimum atomic E-state index is -0.255. The molecule has 0 aliphatic rings. The number of ether oxygens (including phenoxy) is 2. The summed E-state index contributed by atoms with van der Waals surface area (Å²) >= 11 is 0. The molecule has 28 heavy (non-hydrogen) atoms. The average molecular weight is 387 g/mol. The van der Waals surface area contributed by atoms with Gasteiger partial charge >= 0.3 is 6.03 Å². The van der Waals surface area contributed by atoms with Gasteiger partial charge in [0.05, 0.1) is 19.4 Å². The SMILES string of the molecule is CCC(C)NC(=O)N(c1ccc(OC)cc1)c1ccnc(NC(C)COC)n1. The van der Waals surface area contributed by atoms with Crippen LogP contribution < -0.4 is 20.3 Å². The number of carbonyl (C=O) groups is 1. The highest BCUT2D eigenvalue weighted by Crippen LogP contribution is 2.26. The monoisotopic (exact) mass is 387 g/mol. The molecule has 152 valence electrons. The van der Waals surface area contributed by atoms with Crippen LogP contribution in [0.15, 0.2) is 36.5 Å². The molecular formula is C20H29N5O3. The van der Waals surface area contributed by atoms with Gasteiger partial charge in [-0.05, 0) is 44.5 Å². The summed E-state index contributed by atoms with van der Waals surface area (Å²) in [4.78, 5) is 23.3. The summed E-state index contributed by atoms with van der Waals surface area (Å²) in [5, 5.41) is 6.16. The predicted octanol–water partition coefficient (Wildman–Crippen LogP) is 3.58. The molecule has 0 bridgehead atoms. The van der Waals surface area contributed by atoms with Crippen LogP contribution in [0.4, 0.5) is 22.2 Å². The van der Waals surface area contributed by atoms with E-state index in [9.17, 15) is 4.79 Å². The Balaban J connectivity index is 2.36. The number of anilines is 3. The summed E-state index contributed by atoms with van der Waals surface area (Å²) in [6.45, 7) is 6.47. The van der Waals surface area contributed by atoms with Gasteiger partial charge in [0, 0.05) is 31.5 Å². The second kappa shape index (κ2) is 10.5. The zero-order valence-electron chi connectivity index (χ0n) is 17.1. The second-order valence-corrected chi connectivity index (χ2v) is 6.53. The molecule has 2 atom stereocenters. The number of aromatic nitrogens is 2. The van der Waals surface area contributed by atoms with Gasteiger partial charge < -0.3 is 20.1 Å². The molecule has 0 radical (unpaired) electrons. The summed E-state index contributed by atoms with van der Waals surface area (Å²) in [6.07, 6.45) is 2.45. The third kappa shape index (κ3) is 5.82. The number of nitrogens with one attached hydrogen (secondary N) is 2. The fraction of sp³-hybridized carbons (Fsp3) is 0.450. The summed E-state index contributed by atoms with van der Waals surface area (Å²) < 4.78 is 10.4. The van der Waals surface area contributed by atoms with E-state index in [0.29, 0.717) is 29.8 Å². The number of urea groups is 1. The van der Waals surface area contributed by atoms with E-state index in [1.165, 1.54) is 4.90 Å².